The van der Waals surface area contributed by atoms with Gasteiger partial charge in [0.25, 0.3) is 0 Å². The second-order valence-corrected chi connectivity index (χ2v) is 4.19. The smallest absolute Gasteiger partial charge is 0.195 e. The van der Waals surface area contributed by atoms with Crippen LogP contribution in [0.1, 0.15) is 16.8 Å². The first-order chi connectivity index (χ1) is 8.90. The van der Waals surface area contributed by atoms with Crippen molar-refractivity contribution in [1.29, 1.82) is 0 Å². The highest BCUT2D eigenvalue weighted by Gasteiger charge is 2.28. The van der Waals surface area contributed by atoms with Gasteiger partial charge in [0.2, 0.25) is 0 Å². The summed E-state index contributed by atoms with van der Waals surface area (Å²) in [6.07, 6.45) is -0.511. The van der Waals surface area contributed by atoms with Gasteiger partial charge in [-0.1, -0.05) is 0 Å². The average Bonchev–Trinajstić information content (AvgIpc) is 2.31. The van der Waals surface area contributed by atoms with Gasteiger partial charge in [-0.2, -0.15) is 0 Å². The summed E-state index contributed by atoms with van der Waals surface area (Å²) in [5, 5.41) is 47.0. The number of aliphatic hydroxyl groups is 3. The van der Waals surface area contributed by atoms with Crippen LogP contribution in [0.4, 0.5) is 0 Å². The van der Waals surface area contributed by atoms with Crippen molar-refractivity contribution < 1.29 is 30.3 Å². The number of aliphatic hydroxyl groups excluding tert-OH is 3. The molecule has 0 fully saturated rings. The van der Waals surface area contributed by atoms with Crippen LogP contribution in [0.15, 0.2) is 41.4 Å². The molecular weight excluding hydrogens is 252 g/mol. The van der Waals surface area contributed by atoms with Gasteiger partial charge in [0.05, 0.1) is 17.4 Å². The molecule has 0 spiro atoms. The number of carbonyl (C=O) groups excluding carboxylic acids is 1. The fraction of sp³-hybridized carbons (Fsp3) is 0.154. The third-order valence-corrected chi connectivity index (χ3v) is 2.80. The molecule has 6 heteroatoms. The Morgan fingerprint density at radius 2 is 1.79 bits per heavy atom. The molecule has 0 bridgehead atoms. The Balaban J connectivity index is 2.44. The van der Waals surface area contributed by atoms with Crippen molar-refractivity contribution in [2.75, 3.05) is 0 Å². The summed E-state index contributed by atoms with van der Waals surface area (Å²) in [4.78, 5) is 12.1. The van der Waals surface area contributed by atoms with E-state index in [1.54, 1.807) is 0 Å². The van der Waals surface area contributed by atoms with Crippen LogP contribution in [0.25, 0.3) is 0 Å². The van der Waals surface area contributed by atoms with Crippen molar-refractivity contribution in [3.63, 3.8) is 0 Å². The third-order valence-electron chi connectivity index (χ3n) is 2.80. The van der Waals surface area contributed by atoms with Gasteiger partial charge < -0.3 is 25.5 Å². The van der Waals surface area contributed by atoms with E-state index in [0.717, 1.165) is 18.2 Å². The molecule has 1 aromatic rings. The van der Waals surface area contributed by atoms with Crippen molar-refractivity contribution in [1.82, 2.24) is 0 Å². The summed E-state index contributed by atoms with van der Waals surface area (Å²) in [5.74, 6) is -2.29. The molecule has 1 unspecified atom stereocenters. The molecule has 2 rings (SSSR count). The van der Waals surface area contributed by atoms with Gasteiger partial charge in [-0.05, 0) is 18.2 Å². The Hall–Kier alpha value is -2.47. The zero-order valence-corrected chi connectivity index (χ0v) is 9.74. The largest absolute Gasteiger partial charge is 0.512 e. The molecule has 100 valence electrons. The highest BCUT2D eigenvalue weighted by molar-refractivity contribution is 6.10. The van der Waals surface area contributed by atoms with E-state index in [1.165, 1.54) is 6.07 Å². The quantitative estimate of drug-likeness (QED) is 0.406. The molecular formula is C13H12O6. The molecule has 0 radical (unpaired) electrons. The highest BCUT2D eigenvalue weighted by atomic mass is 16.3. The number of ketones is 1. The Bertz CT molecular complexity index is 599. The molecule has 1 aliphatic rings. The minimum Gasteiger partial charge on any atom is -0.512 e. The summed E-state index contributed by atoms with van der Waals surface area (Å²) in [5.41, 5.74) is -0.256. The van der Waals surface area contributed by atoms with Crippen LogP contribution in [0, 0.1) is 0 Å². The van der Waals surface area contributed by atoms with Crippen LogP contribution in [-0.4, -0.2) is 37.4 Å². The molecule has 0 heterocycles. The maximum atomic E-state index is 12.1. The lowest BCUT2D eigenvalue weighted by Crippen LogP contribution is -2.23. The van der Waals surface area contributed by atoms with Crippen molar-refractivity contribution in [3.8, 4) is 11.5 Å². The number of rotatable bonds is 2. The maximum absolute atomic E-state index is 12.1. The summed E-state index contributed by atoms with van der Waals surface area (Å²) >= 11 is 0. The normalized spacial score (nSPS) is 19.2. The van der Waals surface area contributed by atoms with Gasteiger partial charge in [-0.15, -0.1) is 0 Å². The Morgan fingerprint density at radius 3 is 2.37 bits per heavy atom. The molecule has 0 saturated carbocycles. The summed E-state index contributed by atoms with van der Waals surface area (Å²) in [7, 11) is 0. The van der Waals surface area contributed by atoms with Crippen molar-refractivity contribution in [3.05, 3.63) is 46.9 Å². The molecule has 19 heavy (non-hydrogen) atoms. The van der Waals surface area contributed by atoms with E-state index in [2.05, 4.69) is 0 Å². The number of hydrogen-bond acceptors (Lipinski definition) is 6. The van der Waals surface area contributed by atoms with E-state index in [-0.39, 0.29) is 29.1 Å². The van der Waals surface area contributed by atoms with Gasteiger partial charge in [0.1, 0.15) is 5.76 Å². The van der Waals surface area contributed by atoms with E-state index in [9.17, 15) is 25.2 Å². The van der Waals surface area contributed by atoms with Gasteiger partial charge in [0.15, 0.2) is 17.3 Å². The number of aromatic hydroxyl groups is 2. The summed E-state index contributed by atoms with van der Waals surface area (Å²) in [6, 6.07) is 3.41. The van der Waals surface area contributed by atoms with Gasteiger partial charge in [-0.3, -0.25) is 4.79 Å². The van der Waals surface area contributed by atoms with Gasteiger partial charge in [-0.25, -0.2) is 0 Å². The first kappa shape index (κ1) is 13.0. The monoisotopic (exact) mass is 264 g/mol. The zero-order chi connectivity index (χ0) is 14.2. The fourth-order valence-corrected chi connectivity index (χ4v) is 1.85. The molecule has 1 atom stereocenters. The van der Waals surface area contributed by atoms with Crippen LogP contribution < -0.4 is 0 Å². The first-order valence-electron chi connectivity index (χ1n) is 5.47. The van der Waals surface area contributed by atoms with Crippen LogP contribution in [0.5, 0.6) is 11.5 Å². The van der Waals surface area contributed by atoms with Crippen molar-refractivity contribution in [2.45, 2.75) is 12.5 Å². The number of Topliss-reactive ketones (excluding diaryl/α,β-unsaturated/α-hetero) is 1. The fourth-order valence-electron chi connectivity index (χ4n) is 1.85. The van der Waals surface area contributed by atoms with Crippen LogP contribution in [0.2, 0.25) is 0 Å². The summed E-state index contributed by atoms with van der Waals surface area (Å²) < 4.78 is 0. The number of hydrogen-bond donors (Lipinski definition) is 5. The Labute approximate surface area is 108 Å². The van der Waals surface area contributed by atoms with E-state index in [1.807, 2.05) is 0 Å². The van der Waals surface area contributed by atoms with Crippen LogP contribution >= 0.6 is 0 Å². The number of carbonyl (C=O) groups is 1. The lowest BCUT2D eigenvalue weighted by Gasteiger charge is -2.19. The molecule has 1 aliphatic carbocycles. The predicted molar refractivity (Wildman–Crippen MR) is 65.1 cm³/mol. The van der Waals surface area contributed by atoms with Gasteiger partial charge >= 0.3 is 0 Å². The van der Waals surface area contributed by atoms with Crippen molar-refractivity contribution in [2.24, 2.45) is 0 Å². The summed E-state index contributed by atoms with van der Waals surface area (Å²) in [6.45, 7) is 0. The maximum Gasteiger partial charge on any atom is 0.195 e. The molecule has 0 saturated heterocycles. The Morgan fingerprint density at radius 1 is 1.11 bits per heavy atom. The first-order valence-corrected chi connectivity index (χ1v) is 5.47. The molecule has 0 aliphatic heterocycles. The highest BCUT2D eigenvalue weighted by Crippen LogP contribution is 2.29. The van der Waals surface area contributed by atoms with Crippen LogP contribution in [-0.2, 0) is 0 Å². The lowest BCUT2D eigenvalue weighted by atomic mass is 9.92. The van der Waals surface area contributed by atoms with Gasteiger partial charge in [0, 0.05) is 18.1 Å². The minimum atomic E-state index is -1.33. The number of phenolic OH excluding ortho intramolecular Hbond substituents is 2. The number of phenols is 2. The number of benzene rings is 1. The van der Waals surface area contributed by atoms with E-state index >= 15 is 0 Å². The second-order valence-electron chi connectivity index (χ2n) is 4.19. The average molecular weight is 264 g/mol. The molecule has 1 aromatic carbocycles. The number of allylic oxidation sites excluding steroid dienone is 1. The zero-order valence-electron chi connectivity index (χ0n) is 9.74. The molecule has 5 N–H and O–H groups in total. The molecule has 0 amide bonds. The van der Waals surface area contributed by atoms with E-state index in [0.29, 0.717) is 0 Å². The molecule has 6 nitrogen and oxygen atoms in total. The Kier molecular flexibility index (Phi) is 3.18. The predicted octanol–water partition coefficient (Wildman–Crippen LogP) is 1.30. The van der Waals surface area contributed by atoms with Crippen LogP contribution in [0.3, 0.4) is 0 Å². The third kappa shape index (κ3) is 2.38. The topological polar surface area (TPSA) is 118 Å². The minimum absolute atomic E-state index is 0.00527. The molecule has 0 aromatic heterocycles. The van der Waals surface area contributed by atoms with Crippen molar-refractivity contribution >= 4 is 5.78 Å². The lowest BCUT2D eigenvalue weighted by molar-refractivity contribution is 0.0965. The second kappa shape index (κ2) is 4.66. The van der Waals surface area contributed by atoms with E-state index < -0.39 is 23.4 Å². The standard InChI is InChI=1S/C13H12O6/c14-7-4-10(17)12(11(18)5-7)13(19)6-1-2-8(15)9(16)3-6/h1-4,11,14-18H,5H2. The SMILES string of the molecule is O=C(C1=C(O)C=C(O)CC1O)c1ccc(O)c(O)c1. The van der Waals surface area contributed by atoms with E-state index in [4.69, 9.17) is 5.11 Å².